The molecule has 7 N–H and O–H groups in total. The number of aliphatic carboxylic acids is 1. The number of nitrogens with two attached hydrogens (primary N) is 1. The van der Waals surface area contributed by atoms with Crippen LogP contribution in [0.15, 0.2) is 24.3 Å². The van der Waals surface area contributed by atoms with Gasteiger partial charge in [-0.25, -0.2) is 0 Å². The number of aromatic hydroxyl groups is 1. The lowest BCUT2D eigenvalue weighted by molar-refractivity contribution is -0.138. The molecule has 3 amide bonds. The summed E-state index contributed by atoms with van der Waals surface area (Å²) in [6.07, 6.45) is 2.23. The molecule has 1 rings (SSSR count). The van der Waals surface area contributed by atoms with Crippen LogP contribution in [0.25, 0.3) is 0 Å². The minimum absolute atomic E-state index is 0.0617. The Bertz CT molecular complexity index is 741. The Labute approximate surface area is 179 Å². The minimum atomic E-state index is -1.20. The molecular weight excluding hydrogens is 412 g/mol. The van der Waals surface area contributed by atoms with Gasteiger partial charge in [0.2, 0.25) is 17.7 Å². The monoisotopic (exact) mass is 440 g/mol. The van der Waals surface area contributed by atoms with Crippen molar-refractivity contribution in [3.05, 3.63) is 29.8 Å². The fourth-order valence-electron chi connectivity index (χ4n) is 2.44. The maximum absolute atomic E-state index is 12.9. The van der Waals surface area contributed by atoms with Crippen LogP contribution in [0.4, 0.5) is 0 Å². The number of phenolic OH excluding ortho intramolecular Hbond substituents is 1. The molecular formula is C19H28N4O6S. The normalized spacial score (nSPS) is 13.6. The molecule has 0 saturated heterocycles. The van der Waals surface area contributed by atoms with Gasteiger partial charge in [-0.1, -0.05) is 12.1 Å². The molecule has 0 heterocycles. The second-order valence-corrected chi connectivity index (χ2v) is 7.66. The average Bonchev–Trinajstić information content (AvgIpc) is 2.69. The molecule has 0 radical (unpaired) electrons. The number of carboxylic acid groups (broad SMARTS) is 1. The van der Waals surface area contributed by atoms with E-state index in [9.17, 15) is 24.3 Å². The first kappa shape index (κ1) is 25.2. The Balaban J connectivity index is 2.96. The van der Waals surface area contributed by atoms with E-state index >= 15 is 0 Å². The molecule has 166 valence electrons. The number of benzene rings is 1. The summed E-state index contributed by atoms with van der Waals surface area (Å²) < 4.78 is 0. The highest BCUT2D eigenvalue weighted by atomic mass is 32.2. The van der Waals surface area contributed by atoms with Crippen LogP contribution < -0.4 is 21.7 Å². The molecule has 3 atom stereocenters. The van der Waals surface area contributed by atoms with Gasteiger partial charge in [0.15, 0.2) is 0 Å². The van der Waals surface area contributed by atoms with Crippen molar-refractivity contribution < 1.29 is 29.4 Å². The van der Waals surface area contributed by atoms with Gasteiger partial charge in [0.1, 0.15) is 24.4 Å². The van der Waals surface area contributed by atoms with Gasteiger partial charge in [0, 0.05) is 6.42 Å². The Morgan fingerprint density at radius 1 is 1.03 bits per heavy atom. The highest BCUT2D eigenvalue weighted by Crippen LogP contribution is 2.12. The zero-order chi connectivity index (χ0) is 22.7. The van der Waals surface area contributed by atoms with Crippen molar-refractivity contribution in [3.63, 3.8) is 0 Å². The second-order valence-electron chi connectivity index (χ2n) is 6.67. The summed E-state index contributed by atoms with van der Waals surface area (Å²) >= 11 is 1.47. The average molecular weight is 441 g/mol. The highest BCUT2D eigenvalue weighted by molar-refractivity contribution is 7.98. The number of carbonyl (C=O) groups excluding carboxylic acids is 3. The Morgan fingerprint density at radius 2 is 1.63 bits per heavy atom. The van der Waals surface area contributed by atoms with Gasteiger partial charge in [-0.05, 0) is 43.0 Å². The number of phenols is 1. The number of nitrogens with one attached hydrogen (secondary N) is 3. The van der Waals surface area contributed by atoms with E-state index < -0.39 is 48.4 Å². The van der Waals surface area contributed by atoms with Crippen molar-refractivity contribution in [3.8, 4) is 5.75 Å². The van der Waals surface area contributed by atoms with Gasteiger partial charge in [-0.15, -0.1) is 0 Å². The molecule has 0 fully saturated rings. The van der Waals surface area contributed by atoms with Gasteiger partial charge in [0.25, 0.3) is 0 Å². The first-order chi connectivity index (χ1) is 14.1. The van der Waals surface area contributed by atoms with Crippen LogP contribution in [0.3, 0.4) is 0 Å². The highest BCUT2D eigenvalue weighted by Gasteiger charge is 2.27. The summed E-state index contributed by atoms with van der Waals surface area (Å²) in [5, 5.41) is 25.6. The third kappa shape index (κ3) is 9.14. The van der Waals surface area contributed by atoms with Crippen LogP contribution in [0.2, 0.25) is 0 Å². The van der Waals surface area contributed by atoms with Crippen LogP contribution in [0, 0.1) is 0 Å². The molecule has 0 spiro atoms. The van der Waals surface area contributed by atoms with Gasteiger partial charge in [-0.3, -0.25) is 19.2 Å². The molecule has 10 nitrogen and oxygen atoms in total. The van der Waals surface area contributed by atoms with Crippen molar-refractivity contribution in [2.45, 2.75) is 37.9 Å². The molecule has 1 aromatic carbocycles. The van der Waals surface area contributed by atoms with E-state index in [1.165, 1.54) is 30.8 Å². The van der Waals surface area contributed by atoms with Gasteiger partial charge < -0.3 is 31.9 Å². The predicted molar refractivity (Wildman–Crippen MR) is 113 cm³/mol. The molecule has 30 heavy (non-hydrogen) atoms. The number of hydrogen-bond donors (Lipinski definition) is 6. The third-order valence-electron chi connectivity index (χ3n) is 4.08. The summed E-state index contributed by atoms with van der Waals surface area (Å²) in [7, 11) is 0. The molecule has 0 aliphatic carbocycles. The molecule has 0 aliphatic heterocycles. The molecule has 1 aromatic rings. The van der Waals surface area contributed by atoms with E-state index in [1.807, 2.05) is 6.26 Å². The Kier molecular flexibility index (Phi) is 10.7. The molecule has 0 saturated carbocycles. The van der Waals surface area contributed by atoms with Gasteiger partial charge in [-0.2, -0.15) is 11.8 Å². The van der Waals surface area contributed by atoms with Crippen LogP contribution in [-0.2, 0) is 25.6 Å². The zero-order valence-corrected chi connectivity index (χ0v) is 17.7. The second kappa shape index (κ2) is 12.7. The SMILES string of the molecule is CSCCC(NC(=O)C(Cc1ccc(O)cc1)NC(=O)C(C)N)C(=O)NCC(=O)O. The number of rotatable bonds is 12. The van der Waals surface area contributed by atoms with E-state index in [-0.39, 0.29) is 18.6 Å². The smallest absolute Gasteiger partial charge is 0.322 e. The number of amides is 3. The lowest BCUT2D eigenvalue weighted by Gasteiger charge is -2.23. The molecule has 0 aliphatic rings. The maximum atomic E-state index is 12.9. The summed E-state index contributed by atoms with van der Waals surface area (Å²) in [6, 6.07) is 3.31. The van der Waals surface area contributed by atoms with Crippen LogP contribution in [0.1, 0.15) is 18.9 Å². The third-order valence-corrected chi connectivity index (χ3v) is 4.72. The topological polar surface area (TPSA) is 171 Å². The Hall–Kier alpha value is -2.79. The number of hydrogen-bond acceptors (Lipinski definition) is 7. The molecule has 0 bridgehead atoms. The Morgan fingerprint density at radius 3 is 2.17 bits per heavy atom. The van der Waals surface area contributed by atoms with E-state index in [0.29, 0.717) is 11.3 Å². The summed E-state index contributed by atoms with van der Waals surface area (Å²) in [5.74, 6) is -2.35. The van der Waals surface area contributed by atoms with Crippen LogP contribution in [-0.4, -0.2) is 70.6 Å². The van der Waals surface area contributed by atoms with E-state index in [4.69, 9.17) is 10.8 Å². The number of carbonyl (C=O) groups is 4. The van der Waals surface area contributed by atoms with Gasteiger partial charge in [0.05, 0.1) is 6.04 Å². The summed E-state index contributed by atoms with van der Waals surface area (Å²) in [6.45, 7) is 0.911. The number of thioether (sulfide) groups is 1. The maximum Gasteiger partial charge on any atom is 0.322 e. The van der Waals surface area contributed by atoms with Crippen molar-refractivity contribution >= 4 is 35.5 Å². The van der Waals surface area contributed by atoms with E-state index in [2.05, 4.69) is 16.0 Å². The first-order valence-corrected chi connectivity index (χ1v) is 10.7. The fraction of sp³-hybridized carbons (Fsp3) is 0.474. The summed E-state index contributed by atoms with van der Waals surface area (Å²) in [4.78, 5) is 47.9. The standard InChI is InChI=1S/C19H28N4O6S/c1-11(20)17(27)23-15(9-12-3-5-13(24)6-4-12)19(29)22-14(7-8-30-2)18(28)21-10-16(25)26/h3-6,11,14-15,24H,7-10,20H2,1-2H3,(H,21,28)(H,22,29)(H,23,27)(H,25,26). The largest absolute Gasteiger partial charge is 0.508 e. The molecule has 11 heteroatoms. The first-order valence-electron chi connectivity index (χ1n) is 9.26. The minimum Gasteiger partial charge on any atom is -0.508 e. The lowest BCUT2D eigenvalue weighted by atomic mass is 10.0. The predicted octanol–water partition coefficient (Wildman–Crippen LogP) is -0.795. The lowest BCUT2D eigenvalue weighted by Crippen LogP contribution is -2.56. The van der Waals surface area contributed by atoms with Crippen molar-refractivity contribution in [1.29, 1.82) is 0 Å². The molecule has 3 unspecified atom stereocenters. The quantitative estimate of drug-likeness (QED) is 0.245. The number of carboxylic acids is 1. The zero-order valence-electron chi connectivity index (χ0n) is 16.9. The van der Waals surface area contributed by atoms with Crippen molar-refractivity contribution in [2.24, 2.45) is 5.73 Å². The van der Waals surface area contributed by atoms with Crippen molar-refractivity contribution in [2.75, 3.05) is 18.6 Å². The fourth-order valence-corrected chi connectivity index (χ4v) is 2.91. The van der Waals surface area contributed by atoms with Crippen LogP contribution >= 0.6 is 11.8 Å². The summed E-state index contributed by atoms with van der Waals surface area (Å²) in [5.41, 5.74) is 6.26. The molecule has 0 aromatic heterocycles. The van der Waals surface area contributed by atoms with Crippen LogP contribution in [0.5, 0.6) is 5.75 Å². The van der Waals surface area contributed by atoms with E-state index in [1.54, 1.807) is 12.1 Å². The van der Waals surface area contributed by atoms with E-state index in [0.717, 1.165) is 0 Å². The van der Waals surface area contributed by atoms with Crippen molar-refractivity contribution in [1.82, 2.24) is 16.0 Å². The van der Waals surface area contributed by atoms with Gasteiger partial charge >= 0.3 is 5.97 Å².